The monoisotopic (exact) mass is 522 g/mol. The van der Waals surface area contributed by atoms with Gasteiger partial charge in [-0.05, 0) is 63.7 Å². The first kappa shape index (κ1) is 27.2. The summed E-state index contributed by atoms with van der Waals surface area (Å²) in [4.78, 5) is 5.06. The van der Waals surface area contributed by atoms with E-state index < -0.39 is 0 Å². The van der Waals surface area contributed by atoms with Crippen LogP contribution in [0.25, 0.3) is 10.8 Å². The molecule has 0 radical (unpaired) electrons. The minimum Gasteiger partial charge on any atom is -0.496 e. The van der Waals surface area contributed by atoms with Gasteiger partial charge in [-0.25, -0.2) is 0 Å². The van der Waals surface area contributed by atoms with Crippen LogP contribution in [0.4, 0.5) is 5.69 Å². The van der Waals surface area contributed by atoms with E-state index in [2.05, 4.69) is 116 Å². The van der Waals surface area contributed by atoms with Gasteiger partial charge in [-0.1, -0.05) is 81.4 Å². The van der Waals surface area contributed by atoms with Gasteiger partial charge in [0, 0.05) is 50.9 Å². The molecule has 5 rings (SSSR count). The molecule has 0 N–H and O–H groups in total. The van der Waals surface area contributed by atoms with Crippen molar-refractivity contribution >= 4 is 16.5 Å². The van der Waals surface area contributed by atoms with Crippen molar-refractivity contribution in [2.24, 2.45) is 0 Å². The summed E-state index contributed by atoms with van der Waals surface area (Å²) in [6.45, 7) is 14.2. The smallest absolute Gasteiger partial charge is 0.129 e. The quantitative estimate of drug-likeness (QED) is 0.251. The number of anilines is 1. The first-order chi connectivity index (χ1) is 18.8. The van der Waals surface area contributed by atoms with Crippen molar-refractivity contribution in [3.63, 3.8) is 0 Å². The van der Waals surface area contributed by atoms with Gasteiger partial charge in [-0.15, -0.1) is 0 Å². The fraction of sp³-hybridized carbons (Fsp3) is 0.371. The normalized spacial score (nSPS) is 15.5. The van der Waals surface area contributed by atoms with Gasteiger partial charge in [0.1, 0.15) is 11.9 Å². The number of hydrogen-bond donors (Lipinski definition) is 0. The van der Waals surface area contributed by atoms with Crippen molar-refractivity contribution < 1.29 is 9.47 Å². The molecule has 0 spiro atoms. The van der Waals surface area contributed by atoms with Crippen molar-refractivity contribution in [1.82, 2.24) is 4.90 Å². The van der Waals surface area contributed by atoms with E-state index >= 15 is 0 Å². The molecule has 4 nitrogen and oxygen atoms in total. The Morgan fingerprint density at radius 3 is 2.10 bits per heavy atom. The summed E-state index contributed by atoms with van der Waals surface area (Å²) >= 11 is 0. The van der Waals surface area contributed by atoms with Gasteiger partial charge in [-0.2, -0.15) is 0 Å². The fourth-order valence-corrected chi connectivity index (χ4v) is 5.81. The van der Waals surface area contributed by atoms with Crippen LogP contribution in [-0.4, -0.2) is 45.3 Å². The van der Waals surface area contributed by atoms with E-state index in [1.165, 1.54) is 16.8 Å². The summed E-state index contributed by atoms with van der Waals surface area (Å²) in [5, 5.41) is 2.30. The van der Waals surface area contributed by atoms with Gasteiger partial charge >= 0.3 is 0 Å². The van der Waals surface area contributed by atoms with Crippen molar-refractivity contribution in [2.75, 3.05) is 45.3 Å². The van der Waals surface area contributed by atoms with Crippen LogP contribution in [-0.2, 0) is 16.7 Å². The number of nitrogens with zero attached hydrogens (tertiary/aromatic N) is 2. The Morgan fingerprint density at radius 2 is 1.49 bits per heavy atom. The van der Waals surface area contributed by atoms with Gasteiger partial charge in [-0.3, -0.25) is 4.90 Å². The Hall–Kier alpha value is -3.34. The number of ether oxygens (including phenoxy) is 2. The number of hydrogen-bond acceptors (Lipinski definition) is 4. The number of piperazine rings is 1. The zero-order valence-electron chi connectivity index (χ0n) is 24.3. The van der Waals surface area contributed by atoms with Gasteiger partial charge in [0.2, 0.25) is 0 Å². The Kier molecular flexibility index (Phi) is 7.97. The highest BCUT2D eigenvalue weighted by molar-refractivity contribution is 5.90. The second-order valence-corrected chi connectivity index (χ2v) is 11.8. The molecule has 1 aliphatic rings. The molecule has 1 fully saturated rings. The number of methoxy groups -OCH3 is 2. The van der Waals surface area contributed by atoms with E-state index in [-0.39, 0.29) is 11.5 Å². The lowest BCUT2D eigenvalue weighted by molar-refractivity contribution is 0.136. The maximum Gasteiger partial charge on any atom is 0.129 e. The molecule has 4 aromatic rings. The lowest BCUT2D eigenvalue weighted by atomic mass is 9.87. The molecule has 39 heavy (non-hydrogen) atoms. The van der Waals surface area contributed by atoms with Crippen LogP contribution in [0, 0.1) is 6.92 Å². The molecule has 204 valence electrons. The number of benzene rings is 4. The predicted octanol–water partition coefficient (Wildman–Crippen LogP) is 7.51. The highest BCUT2D eigenvalue weighted by Gasteiger charge is 2.22. The van der Waals surface area contributed by atoms with E-state index in [0.29, 0.717) is 0 Å². The Balaban J connectivity index is 1.26. The third-order valence-electron chi connectivity index (χ3n) is 8.17. The Morgan fingerprint density at radius 1 is 0.821 bits per heavy atom. The van der Waals surface area contributed by atoms with Crippen LogP contribution in [0.1, 0.15) is 54.7 Å². The molecule has 1 aliphatic heterocycles. The third-order valence-corrected chi connectivity index (χ3v) is 8.17. The van der Waals surface area contributed by atoms with Gasteiger partial charge < -0.3 is 14.4 Å². The second-order valence-electron chi connectivity index (χ2n) is 11.8. The summed E-state index contributed by atoms with van der Waals surface area (Å²) in [7, 11) is 3.53. The lowest BCUT2D eigenvalue weighted by Gasteiger charge is -2.36. The van der Waals surface area contributed by atoms with Gasteiger partial charge in [0.05, 0.1) is 7.11 Å². The highest BCUT2D eigenvalue weighted by Crippen LogP contribution is 2.38. The summed E-state index contributed by atoms with van der Waals surface area (Å²) in [6, 6.07) is 28.7. The van der Waals surface area contributed by atoms with Crippen molar-refractivity contribution in [3.8, 4) is 5.75 Å². The van der Waals surface area contributed by atoms with E-state index in [9.17, 15) is 0 Å². The van der Waals surface area contributed by atoms with Crippen LogP contribution < -0.4 is 9.64 Å². The molecule has 1 unspecified atom stereocenters. The molecule has 0 saturated carbocycles. The Bertz CT molecular complexity index is 1400. The number of rotatable bonds is 7. The SMILES string of the molecule is COc1c(C)c(C(OC)c2ccc(N3CCN(Cc4ccc(C(C)(C)C)cc4)CC3)cc2)cc2ccccc12. The minimum atomic E-state index is -0.154. The van der Waals surface area contributed by atoms with Gasteiger partial charge in [0.15, 0.2) is 0 Å². The zero-order chi connectivity index (χ0) is 27.6. The van der Waals surface area contributed by atoms with Crippen LogP contribution in [0.2, 0.25) is 0 Å². The van der Waals surface area contributed by atoms with Crippen LogP contribution in [0.3, 0.4) is 0 Å². The van der Waals surface area contributed by atoms with Gasteiger partial charge in [0.25, 0.3) is 0 Å². The molecule has 1 saturated heterocycles. The van der Waals surface area contributed by atoms with E-state index in [4.69, 9.17) is 9.47 Å². The van der Waals surface area contributed by atoms with Crippen LogP contribution >= 0.6 is 0 Å². The van der Waals surface area contributed by atoms with Crippen molar-refractivity contribution in [1.29, 1.82) is 0 Å². The highest BCUT2D eigenvalue weighted by atomic mass is 16.5. The zero-order valence-corrected chi connectivity index (χ0v) is 24.3. The summed E-state index contributed by atoms with van der Waals surface area (Å²) in [5.74, 6) is 0.921. The molecule has 0 aromatic heterocycles. The van der Waals surface area contributed by atoms with E-state index in [0.717, 1.165) is 65.9 Å². The molecule has 0 bridgehead atoms. The molecule has 0 amide bonds. The van der Waals surface area contributed by atoms with E-state index in [1.54, 1.807) is 14.2 Å². The van der Waals surface area contributed by atoms with Crippen LogP contribution in [0.5, 0.6) is 5.75 Å². The summed E-state index contributed by atoms with van der Waals surface area (Å²) in [6.07, 6.45) is -0.154. The third kappa shape index (κ3) is 5.83. The summed E-state index contributed by atoms with van der Waals surface area (Å²) in [5.41, 5.74) is 7.68. The first-order valence-corrected chi connectivity index (χ1v) is 14.0. The number of fused-ring (bicyclic) bond motifs is 1. The average molecular weight is 523 g/mol. The molecular formula is C35H42N2O2. The molecule has 4 aromatic carbocycles. The topological polar surface area (TPSA) is 24.9 Å². The second kappa shape index (κ2) is 11.4. The maximum atomic E-state index is 6.06. The van der Waals surface area contributed by atoms with E-state index in [1.807, 2.05) is 0 Å². The Labute approximate surface area is 234 Å². The largest absolute Gasteiger partial charge is 0.496 e. The van der Waals surface area contributed by atoms with Crippen LogP contribution in [0.15, 0.2) is 78.9 Å². The average Bonchev–Trinajstić information content (AvgIpc) is 2.94. The molecule has 1 atom stereocenters. The maximum absolute atomic E-state index is 6.06. The van der Waals surface area contributed by atoms with Crippen molar-refractivity contribution in [3.05, 3.63) is 107 Å². The molecule has 1 heterocycles. The molecule has 0 aliphatic carbocycles. The minimum absolute atomic E-state index is 0.154. The lowest BCUT2D eigenvalue weighted by Crippen LogP contribution is -2.45. The fourth-order valence-electron chi connectivity index (χ4n) is 5.81. The standard InChI is InChI=1S/C35H42N2O2/c1-25-32(23-28-9-7-8-10-31(28)33(25)38-5)34(39-6)27-13-17-30(18-14-27)37-21-19-36(20-22-37)24-26-11-15-29(16-12-26)35(2,3)4/h7-18,23,34H,19-22,24H2,1-6H3. The molecular weight excluding hydrogens is 480 g/mol. The summed E-state index contributed by atoms with van der Waals surface area (Å²) < 4.78 is 11.9. The predicted molar refractivity (Wildman–Crippen MR) is 163 cm³/mol. The van der Waals surface area contributed by atoms with Crippen molar-refractivity contribution in [2.45, 2.75) is 45.8 Å². The first-order valence-electron chi connectivity index (χ1n) is 14.0. The molecule has 4 heteroatoms.